The first-order chi connectivity index (χ1) is 14.5. The number of aryl methyl sites for hydroxylation is 1. The minimum Gasteiger partial charge on any atom is -0.444 e. The van der Waals surface area contributed by atoms with Gasteiger partial charge in [-0.1, -0.05) is 13.3 Å². The second kappa shape index (κ2) is 8.95. The summed E-state index contributed by atoms with van der Waals surface area (Å²) in [5.74, 6) is 0. The Balaban J connectivity index is 2.31. The maximum Gasteiger partial charge on any atom is 0.432 e. The van der Waals surface area contributed by atoms with Crippen molar-refractivity contribution in [2.45, 2.75) is 64.1 Å². The first-order valence-electron chi connectivity index (χ1n) is 10.1. The fraction of sp³-hybridized carbons (Fsp3) is 0.700. The van der Waals surface area contributed by atoms with Gasteiger partial charge in [-0.25, -0.2) is 4.79 Å². The third-order valence-electron chi connectivity index (χ3n) is 4.95. The van der Waals surface area contributed by atoms with E-state index in [1.165, 1.54) is 4.90 Å². The lowest BCUT2D eigenvalue weighted by Crippen LogP contribution is -2.54. The summed E-state index contributed by atoms with van der Waals surface area (Å²) < 4.78 is 84.7. The fourth-order valence-corrected chi connectivity index (χ4v) is 3.35. The molecule has 2 rings (SSSR count). The average molecular weight is 471 g/mol. The molecule has 0 atom stereocenters. The Morgan fingerprint density at radius 3 is 2.03 bits per heavy atom. The second-order valence-electron chi connectivity index (χ2n) is 8.61. The van der Waals surface area contributed by atoms with E-state index in [2.05, 4.69) is 4.98 Å². The van der Waals surface area contributed by atoms with Crippen LogP contribution in [0.5, 0.6) is 0 Å². The van der Waals surface area contributed by atoms with Crippen LogP contribution in [0.4, 0.5) is 36.8 Å². The van der Waals surface area contributed by atoms with Crippen molar-refractivity contribution in [3.05, 3.63) is 23.5 Å². The normalized spacial score (nSPS) is 16.3. The van der Waals surface area contributed by atoms with E-state index < -0.39 is 35.3 Å². The number of halogens is 6. The molecule has 0 aliphatic carbocycles. The van der Waals surface area contributed by atoms with Crippen molar-refractivity contribution in [3.63, 3.8) is 0 Å². The van der Waals surface area contributed by atoms with E-state index in [0.29, 0.717) is 31.3 Å². The minimum absolute atomic E-state index is 0.183. The Morgan fingerprint density at radius 1 is 1.06 bits per heavy atom. The number of hydrogen-bond donors (Lipinski definition) is 1. The number of aromatic nitrogens is 1. The molecule has 0 spiro atoms. The van der Waals surface area contributed by atoms with Gasteiger partial charge in [-0.2, -0.15) is 26.3 Å². The van der Waals surface area contributed by atoms with Gasteiger partial charge in [0.05, 0.1) is 17.6 Å². The zero-order valence-electron chi connectivity index (χ0n) is 18.3. The smallest absolute Gasteiger partial charge is 0.432 e. The number of carbonyl (C=O) groups is 1. The monoisotopic (exact) mass is 471 g/mol. The predicted octanol–water partition coefficient (Wildman–Crippen LogP) is 4.40. The predicted molar refractivity (Wildman–Crippen MR) is 104 cm³/mol. The molecule has 12 heteroatoms. The van der Waals surface area contributed by atoms with Gasteiger partial charge in [-0.3, -0.25) is 4.98 Å². The van der Waals surface area contributed by atoms with Crippen molar-refractivity contribution in [1.29, 1.82) is 0 Å². The molecule has 32 heavy (non-hydrogen) atoms. The Morgan fingerprint density at radius 2 is 1.59 bits per heavy atom. The third-order valence-corrected chi connectivity index (χ3v) is 4.95. The molecule has 2 heterocycles. The van der Waals surface area contributed by atoms with E-state index in [9.17, 15) is 36.2 Å². The number of hydrogen-bond acceptors (Lipinski definition) is 5. The van der Waals surface area contributed by atoms with Crippen molar-refractivity contribution in [2.75, 3.05) is 31.1 Å². The van der Waals surface area contributed by atoms with Crippen LogP contribution in [0, 0.1) is 0 Å². The summed E-state index contributed by atoms with van der Waals surface area (Å²) in [6.07, 6.45) is -10.9. The van der Waals surface area contributed by atoms with E-state index in [-0.39, 0.29) is 25.1 Å². The quantitative estimate of drug-likeness (QED) is 0.660. The lowest BCUT2D eigenvalue weighted by Gasteiger charge is -2.38. The zero-order valence-corrected chi connectivity index (χ0v) is 18.3. The number of rotatable bonds is 4. The van der Waals surface area contributed by atoms with Crippen LogP contribution >= 0.6 is 0 Å². The highest BCUT2D eigenvalue weighted by Gasteiger charge is 2.72. The molecular weight excluding hydrogens is 444 g/mol. The maximum atomic E-state index is 13.2. The number of ether oxygens (including phenoxy) is 1. The summed E-state index contributed by atoms with van der Waals surface area (Å²) in [4.78, 5) is 18.8. The van der Waals surface area contributed by atoms with Gasteiger partial charge < -0.3 is 19.6 Å². The van der Waals surface area contributed by atoms with Gasteiger partial charge in [-0.05, 0) is 38.8 Å². The van der Waals surface area contributed by atoms with Gasteiger partial charge in [0.2, 0.25) is 0 Å². The molecule has 0 aromatic carbocycles. The Kier molecular flexibility index (Phi) is 7.28. The van der Waals surface area contributed by atoms with Crippen molar-refractivity contribution in [3.8, 4) is 0 Å². The summed E-state index contributed by atoms with van der Waals surface area (Å²) in [6.45, 7) is 8.02. The van der Waals surface area contributed by atoms with Gasteiger partial charge in [-0.15, -0.1) is 0 Å². The number of aliphatic hydroxyl groups is 1. The van der Waals surface area contributed by atoms with Crippen LogP contribution in [0.25, 0.3) is 0 Å². The molecule has 6 nitrogen and oxygen atoms in total. The van der Waals surface area contributed by atoms with Crippen molar-refractivity contribution >= 4 is 11.8 Å². The molecule has 0 radical (unpaired) electrons. The lowest BCUT2D eigenvalue weighted by molar-refractivity contribution is -0.377. The summed E-state index contributed by atoms with van der Waals surface area (Å²) >= 11 is 0. The SMILES string of the molecule is CCCc1cc(C(O)(C(F)(F)F)C(F)(F)F)ncc1N1CCN(C(=O)OC(C)(C)C)CC1. The van der Waals surface area contributed by atoms with Gasteiger partial charge >= 0.3 is 18.4 Å². The molecule has 0 unspecified atom stereocenters. The number of alkyl halides is 6. The van der Waals surface area contributed by atoms with Crippen molar-refractivity contribution in [1.82, 2.24) is 9.88 Å². The summed E-state index contributed by atoms with van der Waals surface area (Å²) in [5.41, 5.74) is -6.69. The number of piperazine rings is 1. The first kappa shape index (κ1) is 26.0. The lowest BCUT2D eigenvalue weighted by atomic mass is 9.94. The van der Waals surface area contributed by atoms with Crippen LogP contribution in [0.2, 0.25) is 0 Å². The number of nitrogens with zero attached hydrogens (tertiary/aromatic N) is 3. The Bertz CT molecular complexity index is 798. The molecule has 1 N–H and O–H groups in total. The van der Waals surface area contributed by atoms with E-state index in [4.69, 9.17) is 4.74 Å². The van der Waals surface area contributed by atoms with Crippen LogP contribution in [0.3, 0.4) is 0 Å². The molecule has 0 bridgehead atoms. The van der Waals surface area contributed by atoms with Gasteiger partial charge in [0.25, 0.3) is 5.60 Å². The summed E-state index contributed by atoms with van der Waals surface area (Å²) in [7, 11) is 0. The van der Waals surface area contributed by atoms with Crippen LogP contribution < -0.4 is 4.90 Å². The summed E-state index contributed by atoms with van der Waals surface area (Å²) in [6, 6.07) is 0.667. The Labute approximate surface area is 182 Å². The topological polar surface area (TPSA) is 65.9 Å². The Hall–Kier alpha value is -2.24. The van der Waals surface area contributed by atoms with E-state index >= 15 is 0 Å². The van der Waals surface area contributed by atoms with Crippen LogP contribution in [-0.4, -0.2) is 65.2 Å². The second-order valence-corrected chi connectivity index (χ2v) is 8.61. The molecule has 1 fully saturated rings. The standard InChI is InChI=1S/C20H27F6N3O3/c1-5-6-13-11-15(18(31,19(21,22)23)20(24,25)26)27-12-14(13)28-7-9-29(10-8-28)16(30)32-17(2,3)4/h11-12,31H,5-10H2,1-4H3. The number of amides is 1. The fourth-order valence-electron chi connectivity index (χ4n) is 3.35. The zero-order chi connectivity index (χ0) is 24.5. The molecule has 182 valence electrons. The first-order valence-corrected chi connectivity index (χ1v) is 10.1. The van der Waals surface area contributed by atoms with Crippen LogP contribution in [-0.2, 0) is 16.8 Å². The van der Waals surface area contributed by atoms with E-state index in [1.54, 1.807) is 32.6 Å². The highest BCUT2D eigenvalue weighted by atomic mass is 19.4. The molecule has 1 aliphatic heterocycles. The highest BCUT2D eigenvalue weighted by molar-refractivity contribution is 5.68. The molecule has 1 aliphatic rings. The third kappa shape index (κ3) is 5.38. The van der Waals surface area contributed by atoms with E-state index in [0.717, 1.165) is 6.20 Å². The van der Waals surface area contributed by atoms with Gasteiger partial charge in [0.15, 0.2) is 0 Å². The number of anilines is 1. The average Bonchev–Trinajstić information content (AvgIpc) is 2.64. The molecule has 1 aromatic rings. The van der Waals surface area contributed by atoms with Crippen molar-refractivity contribution in [2.24, 2.45) is 0 Å². The van der Waals surface area contributed by atoms with Gasteiger partial charge in [0, 0.05) is 26.2 Å². The molecule has 1 saturated heterocycles. The van der Waals surface area contributed by atoms with Crippen LogP contribution in [0.15, 0.2) is 12.3 Å². The number of pyridine rings is 1. The molecule has 0 saturated carbocycles. The molecule has 1 aromatic heterocycles. The highest BCUT2D eigenvalue weighted by Crippen LogP contribution is 2.49. The molecular formula is C20H27F6N3O3. The van der Waals surface area contributed by atoms with Crippen LogP contribution in [0.1, 0.15) is 45.4 Å². The maximum absolute atomic E-state index is 13.2. The van der Waals surface area contributed by atoms with Crippen molar-refractivity contribution < 1.29 is 41.0 Å². The number of carbonyl (C=O) groups excluding carboxylic acids is 1. The van der Waals surface area contributed by atoms with Gasteiger partial charge in [0.1, 0.15) is 5.60 Å². The largest absolute Gasteiger partial charge is 0.444 e. The van der Waals surface area contributed by atoms with E-state index in [1.807, 2.05) is 0 Å². The minimum atomic E-state index is -6.00. The summed E-state index contributed by atoms with van der Waals surface area (Å²) in [5, 5.41) is 9.65. The molecule has 1 amide bonds.